The van der Waals surface area contributed by atoms with Gasteiger partial charge in [0.2, 0.25) is 5.91 Å². The molecule has 1 unspecified atom stereocenters. The van der Waals surface area contributed by atoms with Crippen LogP contribution in [0.15, 0.2) is 18.2 Å². The van der Waals surface area contributed by atoms with Crippen LogP contribution < -0.4 is 5.73 Å². The number of aryl methyl sites for hydroxylation is 1. The monoisotopic (exact) mass is 353 g/mol. The summed E-state index contributed by atoms with van der Waals surface area (Å²) >= 11 is 0. The molecule has 1 amide bonds. The first-order chi connectivity index (χ1) is 12.6. The number of likely N-dealkylation sites (tertiary alicyclic amines) is 1. The van der Waals surface area contributed by atoms with Crippen LogP contribution in [0.3, 0.4) is 0 Å². The minimum Gasteiger partial charge on any atom is -0.369 e. The van der Waals surface area contributed by atoms with Crippen molar-refractivity contribution in [1.29, 1.82) is 0 Å². The van der Waals surface area contributed by atoms with Crippen LogP contribution in [-0.2, 0) is 30.6 Å². The maximum Gasteiger partial charge on any atom is 0.225 e. The molecular weight excluding hydrogens is 326 g/mol. The fraction of sp³-hybridized carbons (Fsp3) is 0.550. The van der Waals surface area contributed by atoms with Crippen LogP contribution >= 0.6 is 0 Å². The topological polar surface area (TPSA) is 77.0 Å². The van der Waals surface area contributed by atoms with Gasteiger partial charge in [-0.1, -0.05) is 19.1 Å². The Labute approximate surface area is 154 Å². The summed E-state index contributed by atoms with van der Waals surface area (Å²) in [5, 5.41) is 4.66. The summed E-state index contributed by atoms with van der Waals surface area (Å²) in [6, 6.07) is 6.43. The third-order valence-corrected chi connectivity index (χ3v) is 5.51. The lowest BCUT2D eigenvalue weighted by atomic mass is 10.0. The highest BCUT2D eigenvalue weighted by Gasteiger charge is 2.23. The summed E-state index contributed by atoms with van der Waals surface area (Å²) in [5.74, 6) is 1.76. The van der Waals surface area contributed by atoms with Crippen molar-refractivity contribution in [2.45, 2.75) is 52.0 Å². The van der Waals surface area contributed by atoms with Crippen LogP contribution in [0.2, 0.25) is 0 Å². The minimum atomic E-state index is -0.390. The number of benzene rings is 1. The Kier molecular flexibility index (Phi) is 4.76. The minimum absolute atomic E-state index is 0.0887. The molecule has 2 aromatic rings. The Bertz CT molecular complexity index is 813. The fourth-order valence-corrected chi connectivity index (χ4v) is 4.35. The second-order valence-electron chi connectivity index (χ2n) is 7.75. The average molecular weight is 353 g/mol. The Balaban J connectivity index is 1.69. The smallest absolute Gasteiger partial charge is 0.225 e. The third-order valence-electron chi connectivity index (χ3n) is 5.51. The predicted molar refractivity (Wildman–Crippen MR) is 100.0 cm³/mol. The van der Waals surface area contributed by atoms with Crippen molar-refractivity contribution in [3.05, 3.63) is 41.0 Å². The van der Waals surface area contributed by atoms with Gasteiger partial charge < -0.3 is 5.73 Å². The van der Waals surface area contributed by atoms with E-state index in [9.17, 15) is 4.79 Å². The first-order valence-electron chi connectivity index (χ1n) is 9.67. The van der Waals surface area contributed by atoms with E-state index in [1.165, 1.54) is 30.4 Å². The van der Waals surface area contributed by atoms with E-state index in [0.29, 0.717) is 11.7 Å². The van der Waals surface area contributed by atoms with Crippen LogP contribution in [0.1, 0.15) is 49.0 Å². The molecule has 1 aliphatic heterocycles. The lowest BCUT2D eigenvalue weighted by Gasteiger charge is -2.30. The van der Waals surface area contributed by atoms with Gasteiger partial charge in [-0.3, -0.25) is 9.69 Å². The van der Waals surface area contributed by atoms with Crippen molar-refractivity contribution in [3.8, 4) is 5.69 Å². The number of primary amides is 1. The van der Waals surface area contributed by atoms with E-state index in [-0.39, 0.29) is 6.42 Å². The van der Waals surface area contributed by atoms with Crippen LogP contribution in [0.25, 0.3) is 5.69 Å². The van der Waals surface area contributed by atoms with Gasteiger partial charge in [0.05, 0.1) is 18.7 Å². The summed E-state index contributed by atoms with van der Waals surface area (Å²) < 4.78 is 1.96. The number of carbonyl (C=O) groups excluding carboxylic acids is 1. The van der Waals surface area contributed by atoms with Crippen LogP contribution in [0.5, 0.6) is 0 Å². The molecule has 0 spiro atoms. The highest BCUT2D eigenvalue weighted by Crippen LogP contribution is 2.28. The van der Waals surface area contributed by atoms with Gasteiger partial charge in [0.1, 0.15) is 5.82 Å². The van der Waals surface area contributed by atoms with Crippen molar-refractivity contribution in [3.63, 3.8) is 0 Å². The van der Waals surface area contributed by atoms with Crippen LogP contribution in [0.4, 0.5) is 0 Å². The SMILES string of the molecule is CC1CCCN(Cc2nc(CC(N)=O)nn2-c2cccc3c2CCC3)C1. The number of carbonyl (C=O) groups is 1. The number of fused-ring (bicyclic) bond motifs is 1. The molecule has 2 N–H and O–H groups in total. The molecule has 138 valence electrons. The van der Waals surface area contributed by atoms with E-state index in [2.05, 4.69) is 40.1 Å². The molecule has 1 fully saturated rings. The number of amides is 1. The quantitative estimate of drug-likeness (QED) is 0.892. The second kappa shape index (κ2) is 7.19. The number of nitrogens with two attached hydrogens (primary N) is 1. The number of rotatable bonds is 5. The van der Waals surface area contributed by atoms with Gasteiger partial charge in [-0.2, -0.15) is 5.10 Å². The van der Waals surface area contributed by atoms with Gasteiger partial charge in [0, 0.05) is 6.54 Å². The molecule has 1 saturated heterocycles. The van der Waals surface area contributed by atoms with Crippen molar-refractivity contribution < 1.29 is 4.79 Å². The molecule has 1 atom stereocenters. The maximum atomic E-state index is 11.4. The molecule has 6 nitrogen and oxygen atoms in total. The summed E-state index contributed by atoms with van der Waals surface area (Å²) in [6.45, 7) is 5.25. The summed E-state index contributed by atoms with van der Waals surface area (Å²) in [5.41, 5.74) is 9.27. The fourth-order valence-electron chi connectivity index (χ4n) is 4.35. The normalized spacial score (nSPS) is 20.3. The van der Waals surface area contributed by atoms with E-state index >= 15 is 0 Å². The largest absolute Gasteiger partial charge is 0.369 e. The van der Waals surface area contributed by atoms with Crippen molar-refractivity contribution >= 4 is 5.91 Å². The van der Waals surface area contributed by atoms with Gasteiger partial charge >= 0.3 is 0 Å². The zero-order valence-electron chi connectivity index (χ0n) is 15.4. The number of nitrogens with zero attached hydrogens (tertiary/aromatic N) is 4. The van der Waals surface area contributed by atoms with E-state index in [1.54, 1.807) is 0 Å². The van der Waals surface area contributed by atoms with Gasteiger partial charge in [0.15, 0.2) is 5.82 Å². The lowest BCUT2D eigenvalue weighted by molar-refractivity contribution is -0.117. The molecular formula is C20H27N5O. The second-order valence-corrected chi connectivity index (χ2v) is 7.75. The van der Waals surface area contributed by atoms with E-state index < -0.39 is 5.91 Å². The van der Waals surface area contributed by atoms with Gasteiger partial charge in [0.25, 0.3) is 0 Å². The Hall–Kier alpha value is -2.21. The summed E-state index contributed by atoms with van der Waals surface area (Å²) in [6.07, 6.45) is 6.01. The van der Waals surface area contributed by atoms with Crippen molar-refractivity contribution in [1.82, 2.24) is 19.7 Å². The molecule has 1 aliphatic carbocycles. The summed E-state index contributed by atoms with van der Waals surface area (Å²) in [7, 11) is 0. The van der Waals surface area contributed by atoms with Crippen LogP contribution in [0, 0.1) is 5.92 Å². The first-order valence-corrected chi connectivity index (χ1v) is 9.67. The molecule has 0 bridgehead atoms. The number of aromatic nitrogens is 3. The lowest BCUT2D eigenvalue weighted by Crippen LogP contribution is -2.34. The molecule has 2 aliphatic rings. The molecule has 26 heavy (non-hydrogen) atoms. The van der Waals surface area contributed by atoms with E-state index in [4.69, 9.17) is 5.73 Å². The highest BCUT2D eigenvalue weighted by molar-refractivity contribution is 5.75. The highest BCUT2D eigenvalue weighted by atomic mass is 16.1. The zero-order chi connectivity index (χ0) is 18.1. The molecule has 1 aromatic carbocycles. The molecule has 1 aromatic heterocycles. The van der Waals surface area contributed by atoms with E-state index in [0.717, 1.165) is 44.0 Å². The average Bonchev–Trinajstić information content (AvgIpc) is 3.21. The van der Waals surface area contributed by atoms with Crippen molar-refractivity contribution in [2.24, 2.45) is 11.7 Å². The van der Waals surface area contributed by atoms with Gasteiger partial charge in [-0.25, -0.2) is 9.67 Å². The summed E-state index contributed by atoms with van der Waals surface area (Å²) in [4.78, 5) is 18.5. The molecule has 2 heterocycles. The molecule has 6 heteroatoms. The Morgan fingerprint density at radius 2 is 2.19 bits per heavy atom. The third kappa shape index (κ3) is 3.51. The zero-order valence-corrected chi connectivity index (χ0v) is 15.4. The van der Waals surface area contributed by atoms with Crippen LogP contribution in [-0.4, -0.2) is 38.7 Å². The molecule has 0 saturated carbocycles. The first kappa shape index (κ1) is 17.2. The van der Waals surface area contributed by atoms with E-state index in [1.807, 2.05) is 4.68 Å². The maximum absolute atomic E-state index is 11.4. The van der Waals surface area contributed by atoms with Gasteiger partial charge in [-0.15, -0.1) is 0 Å². The molecule has 4 rings (SSSR count). The van der Waals surface area contributed by atoms with Gasteiger partial charge in [-0.05, 0) is 61.8 Å². The molecule has 0 radical (unpaired) electrons. The number of hydrogen-bond acceptors (Lipinski definition) is 4. The predicted octanol–water partition coefficient (Wildman–Crippen LogP) is 2.02. The standard InChI is InChI=1S/C20H27N5O/c1-14-5-4-10-24(12-14)13-20-22-19(11-18(21)26)23-25(20)17-9-3-7-15-6-2-8-16(15)17/h3,7,9,14H,2,4-6,8,10-13H2,1H3,(H2,21,26). The number of hydrogen-bond donors (Lipinski definition) is 1. The van der Waals surface area contributed by atoms with Crippen molar-refractivity contribution in [2.75, 3.05) is 13.1 Å². The number of piperidine rings is 1. The Morgan fingerprint density at radius 1 is 1.31 bits per heavy atom. The Morgan fingerprint density at radius 3 is 3.00 bits per heavy atom.